The Morgan fingerprint density at radius 3 is 2.65 bits per heavy atom. The molecular weight excluding hydrogens is 218 g/mol. The molecule has 4 nitrogen and oxygen atoms in total. The zero-order valence-electron chi connectivity index (χ0n) is 9.01. The number of hydrogen-bond acceptors (Lipinski definition) is 4. The second-order valence-electron chi connectivity index (χ2n) is 3.74. The van der Waals surface area contributed by atoms with Crippen LogP contribution in [-0.4, -0.2) is 11.9 Å². The maximum absolute atomic E-state index is 9.36. The molecule has 0 radical (unpaired) electrons. The summed E-state index contributed by atoms with van der Waals surface area (Å²) in [4.78, 5) is 0. The molecule has 1 heterocycles. The molecule has 2 aromatic carbocycles. The summed E-state index contributed by atoms with van der Waals surface area (Å²) >= 11 is 0. The first-order chi connectivity index (χ1) is 8.31. The molecular formula is C13H11NO3. The SMILES string of the molecule is Oc1cccc(Nc2ccc3c(c2)OCO3)c1. The van der Waals surface area contributed by atoms with Crippen molar-refractivity contribution in [2.75, 3.05) is 12.1 Å². The maximum Gasteiger partial charge on any atom is 0.231 e. The smallest absolute Gasteiger partial charge is 0.231 e. The lowest BCUT2D eigenvalue weighted by molar-refractivity contribution is 0.174. The largest absolute Gasteiger partial charge is 0.508 e. The fraction of sp³-hybridized carbons (Fsp3) is 0.0769. The van der Waals surface area contributed by atoms with Crippen molar-refractivity contribution in [3.63, 3.8) is 0 Å². The third kappa shape index (κ3) is 1.97. The molecule has 1 aliphatic heterocycles. The monoisotopic (exact) mass is 229 g/mol. The van der Waals surface area contributed by atoms with Crippen molar-refractivity contribution in [3.8, 4) is 17.2 Å². The third-order valence-electron chi connectivity index (χ3n) is 2.51. The summed E-state index contributed by atoms with van der Waals surface area (Å²) in [5, 5.41) is 12.5. The van der Waals surface area contributed by atoms with Crippen LogP contribution in [0.1, 0.15) is 0 Å². The van der Waals surface area contributed by atoms with Crippen LogP contribution < -0.4 is 14.8 Å². The molecule has 0 atom stereocenters. The molecule has 2 N–H and O–H groups in total. The van der Waals surface area contributed by atoms with Gasteiger partial charge in [0.2, 0.25) is 6.79 Å². The molecule has 2 aromatic rings. The molecule has 4 heteroatoms. The summed E-state index contributed by atoms with van der Waals surface area (Å²) in [6, 6.07) is 12.6. The molecule has 0 fully saturated rings. The van der Waals surface area contributed by atoms with Crippen molar-refractivity contribution in [1.82, 2.24) is 0 Å². The minimum absolute atomic E-state index is 0.232. The van der Waals surface area contributed by atoms with E-state index in [1.165, 1.54) is 0 Å². The number of nitrogens with one attached hydrogen (secondary N) is 1. The first-order valence-corrected chi connectivity index (χ1v) is 5.27. The number of hydrogen-bond donors (Lipinski definition) is 2. The van der Waals surface area contributed by atoms with Gasteiger partial charge in [-0.05, 0) is 24.3 Å². The molecule has 0 unspecified atom stereocenters. The van der Waals surface area contributed by atoms with E-state index < -0.39 is 0 Å². The normalized spacial score (nSPS) is 12.5. The van der Waals surface area contributed by atoms with Gasteiger partial charge in [0.05, 0.1) is 0 Å². The summed E-state index contributed by atoms with van der Waals surface area (Å²) in [5.74, 6) is 1.72. The van der Waals surface area contributed by atoms with Gasteiger partial charge in [0.25, 0.3) is 0 Å². The first kappa shape index (κ1) is 9.84. The molecule has 0 aromatic heterocycles. The number of rotatable bonds is 2. The average molecular weight is 229 g/mol. The van der Waals surface area contributed by atoms with Gasteiger partial charge in [0, 0.05) is 23.5 Å². The molecule has 86 valence electrons. The van der Waals surface area contributed by atoms with E-state index in [0.717, 1.165) is 22.9 Å². The Bertz CT molecular complexity index is 554. The van der Waals surface area contributed by atoms with Crippen LogP contribution >= 0.6 is 0 Å². The minimum Gasteiger partial charge on any atom is -0.508 e. The van der Waals surface area contributed by atoms with Crippen molar-refractivity contribution in [2.24, 2.45) is 0 Å². The van der Waals surface area contributed by atoms with Crippen molar-refractivity contribution in [1.29, 1.82) is 0 Å². The number of ether oxygens (including phenoxy) is 2. The molecule has 3 rings (SSSR count). The quantitative estimate of drug-likeness (QED) is 0.831. The maximum atomic E-state index is 9.36. The van der Waals surface area contributed by atoms with E-state index in [1.54, 1.807) is 18.2 Å². The Kier molecular flexibility index (Phi) is 2.26. The highest BCUT2D eigenvalue weighted by atomic mass is 16.7. The van der Waals surface area contributed by atoms with Gasteiger partial charge in [-0.2, -0.15) is 0 Å². The lowest BCUT2D eigenvalue weighted by atomic mass is 10.2. The number of phenolic OH excluding ortho intramolecular Hbond substituents is 1. The highest BCUT2D eigenvalue weighted by Crippen LogP contribution is 2.35. The van der Waals surface area contributed by atoms with Gasteiger partial charge in [-0.15, -0.1) is 0 Å². The Morgan fingerprint density at radius 1 is 0.941 bits per heavy atom. The molecule has 0 spiro atoms. The van der Waals surface area contributed by atoms with Crippen LogP contribution in [-0.2, 0) is 0 Å². The van der Waals surface area contributed by atoms with Crippen molar-refractivity contribution in [2.45, 2.75) is 0 Å². The predicted molar refractivity (Wildman–Crippen MR) is 64.0 cm³/mol. The Hall–Kier alpha value is -2.36. The molecule has 17 heavy (non-hydrogen) atoms. The number of fused-ring (bicyclic) bond motifs is 1. The Morgan fingerprint density at radius 2 is 1.76 bits per heavy atom. The van der Waals surface area contributed by atoms with E-state index in [2.05, 4.69) is 5.32 Å². The van der Waals surface area contributed by atoms with Crippen LogP contribution in [0.5, 0.6) is 17.2 Å². The van der Waals surface area contributed by atoms with E-state index in [1.807, 2.05) is 24.3 Å². The van der Waals surface area contributed by atoms with Crippen LogP contribution in [0.3, 0.4) is 0 Å². The fourth-order valence-corrected chi connectivity index (χ4v) is 1.72. The summed E-state index contributed by atoms with van der Waals surface area (Å²) < 4.78 is 10.5. The molecule has 0 amide bonds. The van der Waals surface area contributed by atoms with Crippen LogP contribution in [0, 0.1) is 0 Å². The van der Waals surface area contributed by atoms with Crippen molar-refractivity contribution < 1.29 is 14.6 Å². The van der Waals surface area contributed by atoms with Gasteiger partial charge in [0.15, 0.2) is 11.5 Å². The second-order valence-corrected chi connectivity index (χ2v) is 3.74. The van der Waals surface area contributed by atoms with Crippen LogP contribution in [0.2, 0.25) is 0 Å². The topological polar surface area (TPSA) is 50.7 Å². The van der Waals surface area contributed by atoms with Crippen LogP contribution in [0.25, 0.3) is 0 Å². The van der Waals surface area contributed by atoms with Gasteiger partial charge in [0.1, 0.15) is 5.75 Å². The Labute approximate surface area is 98.4 Å². The number of phenols is 1. The van der Waals surface area contributed by atoms with Gasteiger partial charge in [-0.25, -0.2) is 0 Å². The fourth-order valence-electron chi connectivity index (χ4n) is 1.72. The first-order valence-electron chi connectivity index (χ1n) is 5.27. The molecule has 0 saturated heterocycles. The number of anilines is 2. The molecule has 0 saturated carbocycles. The van der Waals surface area contributed by atoms with Gasteiger partial charge < -0.3 is 19.9 Å². The number of benzene rings is 2. The van der Waals surface area contributed by atoms with E-state index in [9.17, 15) is 5.11 Å². The highest BCUT2D eigenvalue weighted by molar-refractivity contribution is 5.64. The predicted octanol–water partition coefficient (Wildman–Crippen LogP) is 2.86. The lowest BCUT2D eigenvalue weighted by Crippen LogP contribution is -1.93. The van der Waals surface area contributed by atoms with Gasteiger partial charge >= 0.3 is 0 Å². The van der Waals surface area contributed by atoms with Gasteiger partial charge in [-0.1, -0.05) is 6.07 Å². The summed E-state index contributed by atoms with van der Waals surface area (Å²) in [7, 11) is 0. The molecule has 1 aliphatic rings. The van der Waals surface area contributed by atoms with E-state index in [0.29, 0.717) is 0 Å². The zero-order valence-corrected chi connectivity index (χ0v) is 9.01. The van der Waals surface area contributed by atoms with Crippen LogP contribution in [0.4, 0.5) is 11.4 Å². The van der Waals surface area contributed by atoms with Crippen molar-refractivity contribution >= 4 is 11.4 Å². The van der Waals surface area contributed by atoms with Gasteiger partial charge in [-0.3, -0.25) is 0 Å². The standard InChI is InChI=1S/C13H11NO3/c15-11-3-1-2-9(6-11)14-10-4-5-12-13(7-10)17-8-16-12/h1-7,14-15H,8H2. The second kappa shape index (κ2) is 3.90. The van der Waals surface area contributed by atoms with E-state index in [-0.39, 0.29) is 12.5 Å². The average Bonchev–Trinajstić information content (AvgIpc) is 2.76. The lowest BCUT2D eigenvalue weighted by Gasteiger charge is -2.07. The summed E-state index contributed by atoms with van der Waals surface area (Å²) in [5.41, 5.74) is 1.71. The zero-order chi connectivity index (χ0) is 11.7. The minimum atomic E-state index is 0.232. The molecule has 0 bridgehead atoms. The van der Waals surface area contributed by atoms with Crippen LogP contribution in [0.15, 0.2) is 42.5 Å². The summed E-state index contributed by atoms with van der Waals surface area (Å²) in [6.07, 6.45) is 0. The summed E-state index contributed by atoms with van der Waals surface area (Å²) in [6.45, 7) is 0.269. The Balaban J connectivity index is 1.86. The third-order valence-corrected chi connectivity index (χ3v) is 2.51. The van der Waals surface area contributed by atoms with E-state index in [4.69, 9.17) is 9.47 Å². The van der Waals surface area contributed by atoms with Crippen molar-refractivity contribution in [3.05, 3.63) is 42.5 Å². The molecule has 0 aliphatic carbocycles. The van der Waals surface area contributed by atoms with E-state index >= 15 is 0 Å². The number of aromatic hydroxyl groups is 1. The highest BCUT2D eigenvalue weighted by Gasteiger charge is 2.13.